The van der Waals surface area contributed by atoms with Crippen molar-refractivity contribution in [3.8, 4) is 6.07 Å². The maximum absolute atomic E-state index is 14.6. The van der Waals surface area contributed by atoms with E-state index in [0.29, 0.717) is 17.3 Å². The lowest BCUT2D eigenvalue weighted by molar-refractivity contribution is 0.421. The summed E-state index contributed by atoms with van der Waals surface area (Å²) < 4.78 is 54.9. The molecular formula is C18H25BrFN3O3S2. The van der Waals surface area contributed by atoms with Crippen molar-refractivity contribution >= 4 is 37.1 Å². The molecule has 1 aromatic rings. The van der Waals surface area contributed by atoms with Crippen molar-refractivity contribution in [2.24, 2.45) is 5.92 Å². The summed E-state index contributed by atoms with van der Waals surface area (Å²) in [5.74, 6) is -1.69. The van der Waals surface area contributed by atoms with E-state index in [2.05, 4.69) is 25.6 Å². The van der Waals surface area contributed by atoms with Gasteiger partial charge in [-0.15, -0.1) is 4.72 Å². The van der Waals surface area contributed by atoms with Gasteiger partial charge in [-0.3, -0.25) is 0 Å². The second kappa shape index (κ2) is 7.84. The van der Waals surface area contributed by atoms with Gasteiger partial charge < -0.3 is 4.55 Å². The minimum Gasteiger partial charge on any atom is -0.598 e. The standard InChI is InChI=1S/C18H25BrFN3O3S2/c1-16(2,3)27(24)23-17(4,14-8-13(19)9-22-15(14)20)11-28(25,26)18(5,10-21)12-6-7-12/h8-9,12,23H,6-7,11H2,1-5H3/t17-,18?,27?/m0/s1. The molecule has 10 heteroatoms. The predicted molar refractivity (Wildman–Crippen MR) is 111 cm³/mol. The highest BCUT2D eigenvalue weighted by molar-refractivity contribution is 9.10. The Morgan fingerprint density at radius 3 is 2.43 bits per heavy atom. The van der Waals surface area contributed by atoms with Crippen molar-refractivity contribution in [2.75, 3.05) is 5.75 Å². The zero-order valence-corrected chi connectivity index (χ0v) is 19.8. The largest absolute Gasteiger partial charge is 0.598 e. The minimum atomic E-state index is -4.00. The first-order valence-corrected chi connectivity index (χ1v) is 12.4. The second-order valence-electron chi connectivity index (χ2n) is 8.56. The van der Waals surface area contributed by atoms with Gasteiger partial charge in [-0.25, -0.2) is 13.4 Å². The molecule has 2 rings (SSSR count). The fraction of sp³-hybridized carbons (Fsp3) is 0.667. The summed E-state index contributed by atoms with van der Waals surface area (Å²) in [6, 6.07) is 3.38. The molecule has 0 spiro atoms. The molecule has 28 heavy (non-hydrogen) atoms. The van der Waals surface area contributed by atoms with Crippen molar-refractivity contribution in [3.63, 3.8) is 0 Å². The van der Waals surface area contributed by atoms with Gasteiger partial charge in [0.2, 0.25) is 5.95 Å². The van der Waals surface area contributed by atoms with Crippen LogP contribution in [0.4, 0.5) is 4.39 Å². The monoisotopic (exact) mass is 493 g/mol. The van der Waals surface area contributed by atoms with E-state index in [1.165, 1.54) is 26.1 Å². The van der Waals surface area contributed by atoms with Gasteiger partial charge in [0.05, 0.1) is 11.8 Å². The number of pyridine rings is 1. The molecule has 0 radical (unpaired) electrons. The van der Waals surface area contributed by atoms with Crippen LogP contribution in [0.25, 0.3) is 0 Å². The zero-order chi connectivity index (χ0) is 21.5. The van der Waals surface area contributed by atoms with Crippen LogP contribution in [-0.4, -0.2) is 33.2 Å². The fourth-order valence-electron chi connectivity index (χ4n) is 2.91. The summed E-state index contributed by atoms with van der Waals surface area (Å²) in [7, 11) is -4.00. The Kier molecular flexibility index (Phi) is 6.59. The highest BCUT2D eigenvalue weighted by Gasteiger charge is 2.55. The maximum Gasteiger partial charge on any atom is 0.218 e. The van der Waals surface area contributed by atoms with Crippen molar-refractivity contribution in [3.05, 3.63) is 28.2 Å². The average Bonchev–Trinajstić information content (AvgIpc) is 3.39. The minimum absolute atomic E-state index is 0.0286. The van der Waals surface area contributed by atoms with Gasteiger partial charge in [0.1, 0.15) is 10.3 Å². The van der Waals surface area contributed by atoms with Crippen LogP contribution >= 0.6 is 15.9 Å². The molecule has 1 aliphatic carbocycles. The highest BCUT2D eigenvalue weighted by atomic mass is 79.9. The van der Waals surface area contributed by atoms with E-state index in [9.17, 15) is 22.6 Å². The lowest BCUT2D eigenvalue weighted by Crippen LogP contribution is -2.55. The Bertz CT molecular complexity index is 896. The number of aromatic nitrogens is 1. The smallest absolute Gasteiger partial charge is 0.218 e. The molecule has 0 aliphatic heterocycles. The molecule has 1 fully saturated rings. The molecule has 0 bridgehead atoms. The van der Waals surface area contributed by atoms with Crippen molar-refractivity contribution in [1.29, 1.82) is 5.26 Å². The first-order chi connectivity index (χ1) is 12.7. The van der Waals surface area contributed by atoms with E-state index in [1.807, 2.05) is 6.07 Å². The quantitative estimate of drug-likeness (QED) is 0.460. The van der Waals surface area contributed by atoms with Crippen LogP contribution in [0.2, 0.25) is 0 Å². The Labute approximate surface area is 177 Å². The van der Waals surface area contributed by atoms with Gasteiger partial charge in [-0.1, -0.05) is 0 Å². The number of rotatable bonds is 7. The molecule has 1 N–H and O–H groups in total. The van der Waals surface area contributed by atoms with Gasteiger partial charge in [0.15, 0.2) is 14.6 Å². The van der Waals surface area contributed by atoms with Crippen molar-refractivity contribution in [1.82, 2.24) is 9.71 Å². The lowest BCUT2D eigenvalue weighted by atomic mass is 9.97. The number of nitriles is 1. The van der Waals surface area contributed by atoms with Gasteiger partial charge in [-0.2, -0.15) is 9.65 Å². The fourth-order valence-corrected chi connectivity index (χ4v) is 6.40. The van der Waals surface area contributed by atoms with Crippen LogP contribution in [0, 0.1) is 23.2 Å². The Balaban J connectivity index is 2.56. The van der Waals surface area contributed by atoms with Crippen LogP contribution < -0.4 is 4.72 Å². The Morgan fingerprint density at radius 2 is 1.96 bits per heavy atom. The topological polar surface area (TPSA) is 106 Å². The molecule has 1 heterocycles. The molecule has 1 saturated carbocycles. The molecular weight excluding hydrogens is 469 g/mol. The Hall–Kier alpha value is -0.730. The van der Waals surface area contributed by atoms with Crippen LogP contribution in [0.15, 0.2) is 16.7 Å². The SMILES string of the molecule is CC(C)(C)[S+]([O-])N[C@@](C)(CS(=O)(=O)C(C)(C#N)C1CC1)c1cc(Br)cnc1F. The molecule has 0 saturated heterocycles. The average molecular weight is 494 g/mol. The van der Waals surface area contributed by atoms with Crippen LogP contribution in [-0.2, 0) is 26.7 Å². The van der Waals surface area contributed by atoms with Crippen molar-refractivity contribution < 1.29 is 17.4 Å². The number of nitrogens with zero attached hydrogens (tertiary/aromatic N) is 2. The summed E-state index contributed by atoms with van der Waals surface area (Å²) in [6.07, 6.45) is 2.58. The molecule has 1 aromatic heterocycles. The van der Waals surface area contributed by atoms with Crippen LogP contribution in [0.5, 0.6) is 0 Å². The van der Waals surface area contributed by atoms with E-state index in [0.717, 1.165) is 0 Å². The van der Waals surface area contributed by atoms with Gasteiger partial charge in [-0.05, 0) is 75.4 Å². The molecule has 0 aromatic carbocycles. The van der Waals surface area contributed by atoms with Gasteiger partial charge in [0.25, 0.3) is 0 Å². The number of hydrogen-bond acceptors (Lipinski definition) is 6. The summed E-state index contributed by atoms with van der Waals surface area (Å²) >= 11 is 1.54. The third-order valence-electron chi connectivity index (χ3n) is 4.98. The van der Waals surface area contributed by atoms with Crippen LogP contribution in [0.1, 0.15) is 53.0 Å². The summed E-state index contributed by atoms with van der Waals surface area (Å²) in [5.41, 5.74) is -1.58. The third kappa shape index (κ3) is 4.70. The molecule has 6 nitrogen and oxygen atoms in total. The molecule has 2 unspecified atom stereocenters. The molecule has 156 valence electrons. The maximum atomic E-state index is 14.6. The predicted octanol–water partition coefficient (Wildman–Crippen LogP) is 3.36. The van der Waals surface area contributed by atoms with E-state index >= 15 is 0 Å². The van der Waals surface area contributed by atoms with Gasteiger partial charge in [0, 0.05) is 27.6 Å². The number of nitrogens with one attached hydrogen (secondary N) is 1. The van der Waals surface area contributed by atoms with E-state index in [1.54, 1.807) is 20.8 Å². The van der Waals surface area contributed by atoms with Crippen LogP contribution in [0.3, 0.4) is 0 Å². The summed E-state index contributed by atoms with van der Waals surface area (Å²) in [5, 5.41) is 9.61. The second-order valence-corrected chi connectivity index (χ2v) is 13.8. The van der Waals surface area contributed by atoms with Crippen molar-refractivity contribution in [2.45, 2.75) is 62.5 Å². The number of sulfone groups is 1. The molecule has 1 aliphatic rings. The Morgan fingerprint density at radius 1 is 1.39 bits per heavy atom. The molecule has 3 atom stereocenters. The number of hydrogen-bond donors (Lipinski definition) is 1. The first kappa shape index (κ1) is 23.5. The number of halogens is 2. The van der Waals surface area contributed by atoms with E-state index < -0.39 is 47.9 Å². The zero-order valence-electron chi connectivity index (χ0n) is 16.5. The third-order valence-corrected chi connectivity index (χ3v) is 9.83. The van der Waals surface area contributed by atoms with Gasteiger partial charge >= 0.3 is 0 Å². The highest BCUT2D eigenvalue weighted by Crippen LogP contribution is 2.45. The van der Waals surface area contributed by atoms with E-state index in [-0.39, 0.29) is 11.5 Å². The first-order valence-electron chi connectivity index (χ1n) is 8.81. The van der Waals surface area contributed by atoms with E-state index in [4.69, 9.17) is 0 Å². The summed E-state index contributed by atoms with van der Waals surface area (Å²) in [6.45, 7) is 8.07. The molecule has 0 amide bonds. The summed E-state index contributed by atoms with van der Waals surface area (Å²) in [4.78, 5) is 3.66. The normalized spacial score (nSPS) is 20.7. The lowest BCUT2D eigenvalue weighted by Gasteiger charge is -2.36.